The first kappa shape index (κ1) is 8.94. The molecule has 18 valence electrons. The third kappa shape index (κ3) is 287. The minimum Gasteiger partial charge on any atom is -0.554 e. The zero-order valence-electron chi connectivity index (χ0n) is 2.10. The smallest absolute Gasteiger partial charge is 0.554 e. The van der Waals surface area contributed by atoms with Crippen molar-refractivity contribution in [1.82, 2.24) is 0 Å². The molecule has 2 nitrogen and oxygen atoms in total. The maximum absolute atomic E-state index is 8.25. The number of carbonyl (C=O) groups is 1. The molecule has 0 radical (unpaired) electrons. The van der Waals surface area contributed by atoms with Crippen molar-refractivity contribution in [3.8, 4) is 0 Å². The molecular formula is CHO2Zn+. The first-order chi connectivity index (χ1) is 1.41. The standard InChI is InChI=1S/CH2O2.Zn/c2-1-3;/h1H,(H,2,3);/q;+2/p-1. The monoisotopic (exact) mass is 109 g/mol. The van der Waals surface area contributed by atoms with Gasteiger partial charge >= 0.3 is 19.5 Å². The van der Waals surface area contributed by atoms with Crippen LogP contribution in [0.3, 0.4) is 0 Å². The Morgan fingerprint density at radius 2 is 1.75 bits per heavy atom. The molecule has 0 aromatic heterocycles. The molecule has 3 heteroatoms. The van der Waals surface area contributed by atoms with Crippen LogP contribution in [0.5, 0.6) is 0 Å². The Labute approximate surface area is 36.6 Å². The van der Waals surface area contributed by atoms with Crippen molar-refractivity contribution >= 4 is 6.47 Å². The molecule has 0 unspecified atom stereocenters. The molecule has 0 N–H and O–H groups in total. The first-order valence-corrected chi connectivity index (χ1v) is 0.471. The minimum absolute atomic E-state index is 0. The number of hydrogen-bond acceptors (Lipinski definition) is 2. The van der Waals surface area contributed by atoms with Gasteiger partial charge in [-0.05, 0) is 0 Å². The van der Waals surface area contributed by atoms with E-state index in [1.807, 2.05) is 0 Å². The summed E-state index contributed by atoms with van der Waals surface area (Å²) in [7, 11) is 0. The summed E-state index contributed by atoms with van der Waals surface area (Å²) in [5.41, 5.74) is 0. The Balaban J connectivity index is 0. The zero-order chi connectivity index (χ0) is 2.71. The predicted octanol–water partition coefficient (Wildman–Crippen LogP) is -1.64. The van der Waals surface area contributed by atoms with Crippen molar-refractivity contribution < 1.29 is 29.4 Å². The molecule has 0 heterocycles. The normalized spacial score (nSPS) is 3.00. The molecule has 0 aromatic carbocycles. The summed E-state index contributed by atoms with van der Waals surface area (Å²) in [4.78, 5) is 8.25. The quantitative estimate of drug-likeness (QED) is 0.277. The van der Waals surface area contributed by atoms with Gasteiger partial charge in [0.1, 0.15) is 0 Å². The maximum atomic E-state index is 8.25. The topological polar surface area (TPSA) is 40.1 Å². The van der Waals surface area contributed by atoms with Gasteiger partial charge in [0.15, 0.2) is 0 Å². The largest absolute Gasteiger partial charge is 2.00 e. The average molecular weight is 110 g/mol. The SMILES string of the molecule is O=C[O-].[Zn+2]. The minimum atomic E-state index is -0.500. The summed E-state index contributed by atoms with van der Waals surface area (Å²) in [6, 6.07) is 0. The van der Waals surface area contributed by atoms with Crippen LogP contribution in [0.25, 0.3) is 0 Å². The Kier molecular flexibility index (Phi) is 25.3. The fourth-order valence-corrected chi connectivity index (χ4v) is 0. The van der Waals surface area contributed by atoms with E-state index in [-0.39, 0.29) is 19.5 Å². The van der Waals surface area contributed by atoms with Crippen LogP contribution in [0.15, 0.2) is 0 Å². The fourth-order valence-electron chi connectivity index (χ4n) is 0. The van der Waals surface area contributed by atoms with E-state index in [4.69, 9.17) is 9.90 Å². The van der Waals surface area contributed by atoms with Crippen molar-refractivity contribution in [2.24, 2.45) is 0 Å². The fraction of sp³-hybridized carbons (Fsp3) is 0. The van der Waals surface area contributed by atoms with E-state index in [1.165, 1.54) is 0 Å². The molecule has 0 aliphatic heterocycles. The summed E-state index contributed by atoms with van der Waals surface area (Å²) < 4.78 is 0. The molecule has 0 aliphatic rings. The van der Waals surface area contributed by atoms with Gasteiger partial charge in [0, 0.05) is 6.47 Å². The van der Waals surface area contributed by atoms with Gasteiger partial charge in [0.25, 0.3) is 0 Å². The molecule has 0 spiro atoms. The van der Waals surface area contributed by atoms with Crippen LogP contribution < -0.4 is 5.11 Å². The second-order valence-electron chi connectivity index (χ2n) is 0.0962. The van der Waals surface area contributed by atoms with Gasteiger partial charge < -0.3 is 9.90 Å². The molecule has 0 amide bonds. The summed E-state index contributed by atoms with van der Waals surface area (Å²) >= 11 is 0. The Hall–Kier alpha value is 0.0934. The van der Waals surface area contributed by atoms with Crippen molar-refractivity contribution in [1.29, 1.82) is 0 Å². The van der Waals surface area contributed by atoms with Gasteiger partial charge in [-0.2, -0.15) is 0 Å². The zero-order valence-corrected chi connectivity index (χ0v) is 5.07. The van der Waals surface area contributed by atoms with Gasteiger partial charge in [-0.25, -0.2) is 0 Å². The van der Waals surface area contributed by atoms with Gasteiger partial charge in [-0.3, -0.25) is 0 Å². The van der Waals surface area contributed by atoms with Crippen molar-refractivity contribution in [2.75, 3.05) is 0 Å². The number of carboxylic acid groups (broad SMARTS) is 1. The molecule has 0 atom stereocenters. The first-order valence-electron chi connectivity index (χ1n) is 0.471. The van der Waals surface area contributed by atoms with Crippen LogP contribution in [-0.4, -0.2) is 6.47 Å². The summed E-state index contributed by atoms with van der Waals surface area (Å²) in [6.45, 7) is -0.500. The number of rotatable bonds is 0. The molecule has 0 rings (SSSR count). The number of carbonyl (C=O) groups excluding carboxylic acids is 1. The second-order valence-corrected chi connectivity index (χ2v) is 0.0962. The average Bonchev–Trinajstić information content (AvgIpc) is 0.918. The summed E-state index contributed by atoms with van der Waals surface area (Å²) in [5, 5.41) is 8.25. The molecule has 0 aliphatic carbocycles. The third-order valence-electron chi connectivity index (χ3n) is 0. The summed E-state index contributed by atoms with van der Waals surface area (Å²) in [5.74, 6) is 0. The molecule has 0 bridgehead atoms. The van der Waals surface area contributed by atoms with Crippen molar-refractivity contribution in [2.45, 2.75) is 0 Å². The van der Waals surface area contributed by atoms with E-state index in [0.717, 1.165) is 0 Å². The second kappa shape index (κ2) is 11.3. The van der Waals surface area contributed by atoms with Crippen molar-refractivity contribution in [3.63, 3.8) is 0 Å². The molecule has 4 heavy (non-hydrogen) atoms. The molecule has 0 aromatic rings. The van der Waals surface area contributed by atoms with E-state index in [2.05, 4.69) is 0 Å². The van der Waals surface area contributed by atoms with Crippen LogP contribution in [0.2, 0.25) is 0 Å². The van der Waals surface area contributed by atoms with Crippen LogP contribution in [0.4, 0.5) is 0 Å². The van der Waals surface area contributed by atoms with E-state index in [9.17, 15) is 0 Å². The van der Waals surface area contributed by atoms with Gasteiger partial charge in [0.2, 0.25) is 0 Å². The van der Waals surface area contributed by atoms with Gasteiger partial charge in [-0.15, -0.1) is 0 Å². The molecule has 0 saturated carbocycles. The van der Waals surface area contributed by atoms with E-state index < -0.39 is 6.47 Å². The van der Waals surface area contributed by atoms with Gasteiger partial charge in [-0.1, -0.05) is 0 Å². The van der Waals surface area contributed by atoms with Crippen LogP contribution >= 0.6 is 0 Å². The van der Waals surface area contributed by atoms with E-state index in [0.29, 0.717) is 0 Å². The number of hydrogen-bond donors (Lipinski definition) is 0. The predicted molar refractivity (Wildman–Crippen MR) is 6.06 cm³/mol. The molecular weight excluding hydrogens is 109 g/mol. The molecule has 0 saturated heterocycles. The van der Waals surface area contributed by atoms with Gasteiger partial charge in [0.05, 0.1) is 0 Å². The Morgan fingerprint density at radius 1 is 1.75 bits per heavy atom. The van der Waals surface area contributed by atoms with Crippen LogP contribution in [0.1, 0.15) is 0 Å². The maximum Gasteiger partial charge on any atom is 2.00 e. The third-order valence-corrected chi connectivity index (χ3v) is 0. The van der Waals surface area contributed by atoms with Crippen LogP contribution in [-0.2, 0) is 24.3 Å². The Bertz CT molecular complexity index is 13.5. The van der Waals surface area contributed by atoms with Crippen molar-refractivity contribution in [3.05, 3.63) is 0 Å². The van der Waals surface area contributed by atoms with E-state index in [1.54, 1.807) is 0 Å². The van der Waals surface area contributed by atoms with Crippen LogP contribution in [0, 0.1) is 0 Å². The molecule has 0 fully saturated rings. The Morgan fingerprint density at radius 3 is 1.75 bits per heavy atom. The van der Waals surface area contributed by atoms with E-state index >= 15 is 0 Å². The summed E-state index contributed by atoms with van der Waals surface area (Å²) in [6.07, 6.45) is 0.